The molecule has 2 rings (SSSR count). The maximum atomic E-state index is 11.7. The Kier molecular flexibility index (Phi) is 3.91. The molecule has 1 amide bonds. The zero-order valence-electron chi connectivity index (χ0n) is 9.11. The van der Waals surface area contributed by atoms with Crippen molar-refractivity contribution in [1.82, 2.24) is 10.6 Å². The summed E-state index contributed by atoms with van der Waals surface area (Å²) < 4.78 is 5.31. The molecule has 1 aliphatic rings. The van der Waals surface area contributed by atoms with Gasteiger partial charge >= 0.3 is 0 Å². The lowest BCUT2D eigenvalue weighted by Crippen LogP contribution is -2.48. The van der Waals surface area contributed by atoms with Crippen molar-refractivity contribution in [3.63, 3.8) is 0 Å². The molecule has 2 N–H and O–H groups in total. The highest BCUT2D eigenvalue weighted by atomic mass is 16.5. The average Bonchev–Trinajstić information content (AvgIpc) is 2.38. The van der Waals surface area contributed by atoms with Crippen LogP contribution in [0.5, 0.6) is 0 Å². The molecule has 0 aliphatic carbocycles. The number of morpholine rings is 1. The van der Waals surface area contributed by atoms with Crippen molar-refractivity contribution < 1.29 is 9.53 Å². The van der Waals surface area contributed by atoms with E-state index in [0.29, 0.717) is 18.7 Å². The number of carbonyl (C=O) groups is 1. The summed E-state index contributed by atoms with van der Waals surface area (Å²) in [6, 6.07) is 9.45. The van der Waals surface area contributed by atoms with E-state index in [1.165, 1.54) is 0 Å². The minimum atomic E-state index is -0.0343. The maximum absolute atomic E-state index is 11.7. The van der Waals surface area contributed by atoms with E-state index in [0.717, 1.165) is 13.2 Å². The summed E-state index contributed by atoms with van der Waals surface area (Å²) >= 11 is 0. The summed E-state index contributed by atoms with van der Waals surface area (Å²) in [6.45, 7) is 2.87. The van der Waals surface area contributed by atoms with Crippen molar-refractivity contribution in [2.24, 2.45) is 0 Å². The molecular weight excluding hydrogens is 204 g/mol. The van der Waals surface area contributed by atoms with E-state index in [-0.39, 0.29) is 11.9 Å². The predicted molar refractivity (Wildman–Crippen MR) is 61.4 cm³/mol. The third-order valence-corrected chi connectivity index (χ3v) is 2.54. The molecule has 0 saturated carbocycles. The van der Waals surface area contributed by atoms with Crippen LogP contribution in [0.3, 0.4) is 0 Å². The van der Waals surface area contributed by atoms with E-state index in [2.05, 4.69) is 10.6 Å². The fourth-order valence-electron chi connectivity index (χ4n) is 1.66. The van der Waals surface area contributed by atoms with Gasteiger partial charge in [0.1, 0.15) is 0 Å². The molecule has 1 heterocycles. The quantitative estimate of drug-likeness (QED) is 0.775. The zero-order chi connectivity index (χ0) is 11.2. The van der Waals surface area contributed by atoms with Gasteiger partial charge in [-0.25, -0.2) is 0 Å². The third kappa shape index (κ3) is 3.05. The molecule has 0 radical (unpaired) electrons. The summed E-state index contributed by atoms with van der Waals surface area (Å²) in [5, 5.41) is 6.17. The van der Waals surface area contributed by atoms with Gasteiger partial charge in [-0.2, -0.15) is 0 Å². The van der Waals surface area contributed by atoms with Gasteiger partial charge in [0, 0.05) is 24.7 Å². The molecule has 0 spiro atoms. The van der Waals surface area contributed by atoms with E-state index < -0.39 is 0 Å². The number of amides is 1. The van der Waals surface area contributed by atoms with E-state index in [1.807, 2.05) is 18.2 Å². The molecule has 1 fully saturated rings. The first-order chi connectivity index (χ1) is 7.86. The summed E-state index contributed by atoms with van der Waals surface area (Å²) in [5.41, 5.74) is 0.694. The number of carbonyl (C=O) groups excluding carboxylic acids is 1. The Labute approximate surface area is 95.0 Å². The number of hydrogen-bond acceptors (Lipinski definition) is 3. The number of ether oxygens (including phenoxy) is 1. The monoisotopic (exact) mass is 220 g/mol. The van der Waals surface area contributed by atoms with Gasteiger partial charge in [0.25, 0.3) is 5.91 Å². The number of benzene rings is 1. The molecule has 1 aromatic rings. The Morgan fingerprint density at radius 1 is 1.44 bits per heavy atom. The van der Waals surface area contributed by atoms with Crippen molar-refractivity contribution in [2.45, 2.75) is 6.04 Å². The number of rotatable bonds is 3. The molecule has 1 aliphatic heterocycles. The lowest BCUT2D eigenvalue weighted by atomic mass is 10.2. The van der Waals surface area contributed by atoms with Crippen LogP contribution in [0.4, 0.5) is 0 Å². The van der Waals surface area contributed by atoms with E-state index >= 15 is 0 Å². The second-order valence-electron chi connectivity index (χ2n) is 3.80. The van der Waals surface area contributed by atoms with Gasteiger partial charge in [-0.05, 0) is 12.1 Å². The highest BCUT2D eigenvalue weighted by Crippen LogP contribution is 1.98. The van der Waals surface area contributed by atoms with Gasteiger partial charge in [0.05, 0.1) is 13.2 Å². The largest absolute Gasteiger partial charge is 0.378 e. The molecule has 4 nitrogen and oxygen atoms in total. The molecule has 0 aromatic heterocycles. The fourth-order valence-corrected chi connectivity index (χ4v) is 1.66. The van der Waals surface area contributed by atoms with E-state index in [1.54, 1.807) is 12.1 Å². The average molecular weight is 220 g/mol. The Bertz CT molecular complexity index is 334. The Morgan fingerprint density at radius 3 is 2.94 bits per heavy atom. The number of hydrogen-bond donors (Lipinski definition) is 2. The van der Waals surface area contributed by atoms with Crippen LogP contribution < -0.4 is 10.6 Å². The molecule has 1 atom stereocenters. The van der Waals surface area contributed by atoms with Crippen molar-refractivity contribution in [1.29, 1.82) is 0 Å². The molecule has 86 valence electrons. The number of nitrogens with one attached hydrogen (secondary N) is 2. The maximum Gasteiger partial charge on any atom is 0.251 e. The van der Waals surface area contributed by atoms with Crippen LogP contribution in [0.25, 0.3) is 0 Å². The van der Waals surface area contributed by atoms with Gasteiger partial charge in [-0.1, -0.05) is 18.2 Å². The SMILES string of the molecule is O=C(NC[C@H]1COCCN1)c1ccccc1. The first kappa shape index (κ1) is 11.1. The van der Waals surface area contributed by atoms with Crippen LogP contribution in [0.15, 0.2) is 30.3 Å². The topological polar surface area (TPSA) is 50.4 Å². The first-order valence-corrected chi connectivity index (χ1v) is 5.50. The van der Waals surface area contributed by atoms with Gasteiger partial charge < -0.3 is 15.4 Å². The lowest BCUT2D eigenvalue weighted by molar-refractivity contribution is 0.0734. The highest BCUT2D eigenvalue weighted by molar-refractivity contribution is 5.94. The zero-order valence-corrected chi connectivity index (χ0v) is 9.11. The molecule has 1 aromatic carbocycles. The summed E-state index contributed by atoms with van der Waals surface area (Å²) in [6.07, 6.45) is 0. The summed E-state index contributed by atoms with van der Waals surface area (Å²) in [4.78, 5) is 11.7. The molecule has 0 unspecified atom stereocenters. The normalized spacial score (nSPS) is 20.4. The third-order valence-electron chi connectivity index (χ3n) is 2.54. The molecule has 1 saturated heterocycles. The van der Waals surface area contributed by atoms with Crippen molar-refractivity contribution >= 4 is 5.91 Å². The fraction of sp³-hybridized carbons (Fsp3) is 0.417. The highest BCUT2D eigenvalue weighted by Gasteiger charge is 2.14. The lowest BCUT2D eigenvalue weighted by Gasteiger charge is -2.23. The van der Waals surface area contributed by atoms with Crippen LogP contribution in [0, 0.1) is 0 Å². The van der Waals surface area contributed by atoms with E-state index in [4.69, 9.17) is 4.74 Å². The van der Waals surface area contributed by atoms with Gasteiger partial charge in [0.15, 0.2) is 0 Å². The van der Waals surface area contributed by atoms with Crippen molar-refractivity contribution in [2.75, 3.05) is 26.3 Å². The smallest absolute Gasteiger partial charge is 0.251 e. The molecule has 4 heteroatoms. The van der Waals surface area contributed by atoms with Crippen LogP contribution in [-0.4, -0.2) is 38.3 Å². The predicted octanol–water partition coefficient (Wildman–Crippen LogP) is 0.405. The van der Waals surface area contributed by atoms with Crippen LogP contribution in [0.1, 0.15) is 10.4 Å². The van der Waals surface area contributed by atoms with Gasteiger partial charge in [-0.15, -0.1) is 0 Å². The molecular formula is C12H16N2O2. The van der Waals surface area contributed by atoms with Crippen LogP contribution >= 0.6 is 0 Å². The van der Waals surface area contributed by atoms with Crippen molar-refractivity contribution in [3.05, 3.63) is 35.9 Å². The van der Waals surface area contributed by atoms with Gasteiger partial charge in [0.2, 0.25) is 0 Å². The van der Waals surface area contributed by atoms with Crippen molar-refractivity contribution in [3.8, 4) is 0 Å². The Balaban J connectivity index is 1.79. The minimum Gasteiger partial charge on any atom is -0.378 e. The Hall–Kier alpha value is -1.39. The standard InChI is InChI=1S/C12H16N2O2/c15-12(10-4-2-1-3-5-10)14-8-11-9-16-7-6-13-11/h1-5,11,13H,6-9H2,(H,14,15)/t11-/m0/s1. The summed E-state index contributed by atoms with van der Waals surface area (Å²) in [5.74, 6) is -0.0343. The second kappa shape index (κ2) is 5.63. The molecule has 16 heavy (non-hydrogen) atoms. The second-order valence-corrected chi connectivity index (χ2v) is 3.80. The molecule has 0 bridgehead atoms. The van der Waals surface area contributed by atoms with Gasteiger partial charge in [-0.3, -0.25) is 4.79 Å². The van der Waals surface area contributed by atoms with E-state index in [9.17, 15) is 4.79 Å². The Morgan fingerprint density at radius 2 is 2.25 bits per heavy atom. The summed E-state index contributed by atoms with van der Waals surface area (Å²) in [7, 11) is 0. The van der Waals surface area contributed by atoms with Crippen LogP contribution in [-0.2, 0) is 4.74 Å². The minimum absolute atomic E-state index is 0.0343. The van der Waals surface area contributed by atoms with Crippen LogP contribution in [0.2, 0.25) is 0 Å². The first-order valence-electron chi connectivity index (χ1n) is 5.50.